The van der Waals surface area contributed by atoms with Gasteiger partial charge in [0.2, 0.25) is 0 Å². The van der Waals surface area contributed by atoms with E-state index in [1.54, 1.807) is 0 Å². The van der Waals surface area contributed by atoms with Crippen LogP contribution in [0.2, 0.25) is 0 Å². The minimum atomic E-state index is -0.0115. The third-order valence-corrected chi connectivity index (χ3v) is 3.35. The predicted molar refractivity (Wildman–Crippen MR) is 83.7 cm³/mol. The molecule has 1 rings (SSSR count). The van der Waals surface area contributed by atoms with E-state index in [4.69, 9.17) is 33.2 Å². The zero-order valence-corrected chi connectivity index (χ0v) is 12.8. The van der Waals surface area contributed by atoms with Gasteiger partial charge in [0.25, 0.3) is 10.3 Å². The Bertz CT molecular complexity index is 297. The van der Waals surface area contributed by atoms with E-state index in [9.17, 15) is 0 Å². The van der Waals surface area contributed by atoms with Crippen LogP contribution in [-0.2, 0) is 9.47 Å². The number of thiocarbonyl (C=S) groups is 2. The molecule has 4 N–H and O–H groups in total. The summed E-state index contributed by atoms with van der Waals surface area (Å²) in [5, 5.41) is 0.224. The first-order chi connectivity index (χ1) is 9.09. The van der Waals surface area contributed by atoms with E-state index in [0.717, 1.165) is 32.4 Å². The van der Waals surface area contributed by atoms with Gasteiger partial charge in [0.15, 0.2) is 6.23 Å². The van der Waals surface area contributed by atoms with Gasteiger partial charge in [-0.3, -0.25) is 4.90 Å². The number of unbranched alkanes of at least 4 members (excludes halogenated alkanes) is 1. The molecule has 1 unspecified atom stereocenters. The lowest BCUT2D eigenvalue weighted by Crippen LogP contribution is -2.42. The third-order valence-electron chi connectivity index (χ3n) is 3.14. The monoisotopic (exact) mass is 305 g/mol. The highest BCUT2D eigenvalue weighted by atomic mass is 32.1. The average molecular weight is 305 g/mol. The maximum Gasteiger partial charge on any atom is 0.255 e. The van der Waals surface area contributed by atoms with Gasteiger partial charge in [-0.15, -0.1) is 0 Å². The van der Waals surface area contributed by atoms with Gasteiger partial charge in [-0.2, -0.15) is 0 Å². The lowest BCUT2D eigenvalue weighted by Gasteiger charge is -2.34. The molecule has 0 aliphatic carbocycles. The Morgan fingerprint density at radius 3 is 2.32 bits per heavy atom. The Morgan fingerprint density at radius 1 is 1.05 bits per heavy atom. The van der Waals surface area contributed by atoms with Crippen LogP contribution in [-0.4, -0.2) is 41.2 Å². The molecular weight excluding hydrogens is 282 g/mol. The van der Waals surface area contributed by atoms with Crippen molar-refractivity contribution in [2.45, 2.75) is 44.8 Å². The van der Waals surface area contributed by atoms with Gasteiger partial charge in [-0.05, 0) is 56.5 Å². The van der Waals surface area contributed by atoms with Crippen LogP contribution in [0.1, 0.15) is 38.5 Å². The van der Waals surface area contributed by atoms with Crippen LogP contribution >= 0.6 is 24.4 Å². The summed E-state index contributed by atoms with van der Waals surface area (Å²) in [5.41, 5.74) is 10.8. The molecular formula is C12H23N3O2S2. The Kier molecular flexibility index (Phi) is 8.00. The minimum Gasteiger partial charge on any atom is -0.471 e. The molecule has 0 aromatic carbocycles. The maximum absolute atomic E-state index is 5.56. The van der Waals surface area contributed by atoms with Crippen LogP contribution in [0.15, 0.2) is 0 Å². The van der Waals surface area contributed by atoms with Gasteiger partial charge >= 0.3 is 0 Å². The van der Waals surface area contributed by atoms with E-state index >= 15 is 0 Å². The van der Waals surface area contributed by atoms with Crippen molar-refractivity contribution in [1.29, 1.82) is 0 Å². The second-order valence-electron chi connectivity index (χ2n) is 4.65. The van der Waals surface area contributed by atoms with Crippen molar-refractivity contribution in [3.63, 3.8) is 0 Å². The van der Waals surface area contributed by atoms with Crippen LogP contribution in [0.25, 0.3) is 0 Å². The SMILES string of the molecule is NC(=S)OCCCCC(OC(N)=S)N1CCCCC1. The normalized spacial score (nSPS) is 17.7. The van der Waals surface area contributed by atoms with Crippen LogP contribution in [0.5, 0.6) is 0 Å². The summed E-state index contributed by atoms with van der Waals surface area (Å²) in [6, 6.07) is 0. The van der Waals surface area contributed by atoms with Crippen LogP contribution < -0.4 is 11.5 Å². The van der Waals surface area contributed by atoms with Gasteiger partial charge in [0.1, 0.15) is 0 Å². The van der Waals surface area contributed by atoms with E-state index in [1.165, 1.54) is 19.3 Å². The molecule has 1 saturated heterocycles. The lowest BCUT2D eigenvalue weighted by atomic mass is 10.1. The van der Waals surface area contributed by atoms with E-state index in [1.807, 2.05) is 0 Å². The van der Waals surface area contributed by atoms with Crippen molar-refractivity contribution >= 4 is 34.8 Å². The molecule has 0 saturated carbocycles. The van der Waals surface area contributed by atoms with E-state index in [0.29, 0.717) is 6.61 Å². The van der Waals surface area contributed by atoms with Crippen molar-refractivity contribution in [2.75, 3.05) is 19.7 Å². The van der Waals surface area contributed by atoms with Gasteiger partial charge in [-0.1, -0.05) is 6.42 Å². The fraction of sp³-hybridized carbons (Fsp3) is 0.833. The molecule has 19 heavy (non-hydrogen) atoms. The molecule has 0 radical (unpaired) electrons. The molecule has 0 amide bonds. The highest BCUT2D eigenvalue weighted by Gasteiger charge is 2.21. The molecule has 5 nitrogen and oxygen atoms in total. The number of nitrogens with zero attached hydrogens (tertiary/aromatic N) is 1. The van der Waals surface area contributed by atoms with Crippen molar-refractivity contribution < 1.29 is 9.47 Å². The van der Waals surface area contributed by atoms with Crippen LogP contribution in [0.4, 0.5) is 0 Å². The molecule has 1 aliphatic rings. The summed E-state index contributed by atoms with van der Waals surface area (Å²) < 4.78 is 10.6. The lowest BCUT2D eigenvalue weighted by molar-refractivity contribution is -0.00336. The van der Waals surface area contributed by atoms with E-state index in [2.05, 4.69) is 17.1 Å². The van der Waals surface area contributed by atoms with Gasteiger partial charge in [-0.25, -0.2) is 0 Å². The average Bonchev–Trinajstić information content (AvgIpc) is 2.37. The second kappa shape index (κ2) is 9.28. The Balaban J connectivity index is 2.28. The first-order valence-corrected chi connectivity index (χ1v) is 7.53. The summed E-state index contributed by atoms with van der Waals surface area (Å²) in [6.07, 6.45) is 6.44. The Hall–Kier alpha value is -0.660. The number of rotatable bonds is 7. The smallest absolute Gasteiger partial charge is 0.255 e. The van der Waals surface area contributed by atoms with Crippen molar-refractivity contribution in [2.24, 2.45) is 11.5 Å². The molecule has 1 atom stereocenters. The largest absolute Gasteiger partial charge is 0.471 e. The highest BCUT2D eigenvalue weighted by molar-refractivity contribution is 7.80. The topological polar surface area (TPSA) is 73.7 Å². The van der Waals surface area contributed by atoms with E-state index < -0.39 is 0 Å². The number of nitrogens with two attached hydrogens (primary N) is 2. The molecule has 0 aromatic rings. The predicted octanol–water partition coefficient (Wildman–Crippen LogP) is 1.49. The standard InChI is InChI=1S/C12H23N3O2S2/c13-11(18)16-9-5-2-6-10(17-12(14)19)15-7-3-1-4-8-15/h10H,1-9H2,(H2,13,18)(H2,14,19). The van der Waals surface area contributed by atoms with Crippen molar-refractivity contribution in [3.8, 4) is 0 Å². The molecule has 1 fully saturated rings. The zero-order chi connectivity index (χ0) is 14.1. The molecule has 0 spiro atoms. The number of hydrogen-bond acceptors (Lipinski definition) is 5. The fourth-order valence-corrected chi connectivity index (χ4v) is 2.44. The quantitative estimate of drug-likeness (QED) is 0.545. The molecule has 7 heteroatoms. The van der Waals surface area contributed by atoms with Gasteiger partial charge < -0.3 is 20.9 Å². The number of likely N-dealkylation sites (tertiary alicyclic amines) is 1. The summed E-state index contributed by atoms with van der Waals surface area (Å²) in [5.74, 6) is 0. The minimum absolute atomic E-state index is 0.0115. The molecule has 0 bridgehead atoms. The summed E-state index contributed by atoms with van der Waals surface area (Å²) in [4.78, 5) is 2.32. The first kappa shape index (κ1) is 16.4. The van der Waals surface area contributed by atoms with Crippen molar-refractivity contribution in [3.05, 3.63) is 0 Å². The zero-order valence-electron chi connectivity index (χ0n) is 11.2. The molecule has 110 valence electrons. The molecule has 1 heterocycles. The van der Waals surface area contributed by atoms with Crippen molar-refractivity contribution in [1.82, 2.24) is 4.90 Å². The second-order valence-corrected chi connectivity index (χ2v) is 5.46. The van der Waals surface area contributed by atoms with Gasteiger partial charge in [0.05, 0.1) is 6.61 Å². The Labute approximate surface area is 125 Å². The van der Waals surface area contributed by atoms with Crippen LogP contribution in [0, 0.1) is 0 Å². The van der Waals surface area contributed by atoms with E-state index in [-0.39, 0.29) is 16.6 Å². The third kappa shape index (κ3) is 7.49. The maximum atomic E-state index is 5.56. The number of piperidine rings is 1. The molecule has 1 aliphatic heterocycles. The summed E-state index contributed by atoms with van der Waals surface area (Å²) >= 11 is 9.49. The number of ether oxygens (including phenoxy) is 2. The van der Waals surface area contributed by atoms with Gasteiger partial charge in [0, 0.05) is 13.1 Å². The Morgan fingerprint density at radius 2 is 1.74 bits per heavy atom. The molecule has 0 aromatic heterocycles. The fourth-order valence-electron chi connectivity index (χ4n) is 2.25. The first-order valence-electron chi connectivity index (χ1n) is 6.72. The summed E-state index contributed by atoms with van der Waals surface area (Å²) in [7, 11) is 0. The highest BCUT2D eigenvalue weighted by Crippen LogP contribution is 2.17. The van der Waals surface area contributed by atoms with Crippen LogP contribution in [0.3, 0.4) is 0 Å². The summed E-state index contributed by atoms with van der Waals surface area (Å²) in [6.45, 7) is 2.66. The number of hydrogen-bond donors (Lipinski definition) is 2.